The van der Waals surface area contributed by atoms with E-state index in [9.17, 15) is 17.6 Å². The van der Waals surface area contributed by atoms with Crippen molar-refractivity contribution in [1.82, 2.24) is 4.90 Å². The van der Waals surface area contributed by atoms with E-state index in [1.165, 1.54) is 23.8 Å². The largest absolute Gasteiger partial charge is 0.341 e. The first kappa shape index (κ1) is 21.3. The van der Waals surface area contributed by atoms with Gasteiger partial charge in [0.1, 0.15) is 11.9 Å². The highest BCUT2D eigenvalue weighted by Crippen LogP contribution is 2.26. The molecule has 0 aromatic heterocycles. The standard InChI is InChI=1S/C22H27FN2O3S/c1-17(25(29(2,27)28)21-10-6-9-20(23)16-21)22(26)24-13-11-19(12-14-24)15-18-7-4-3-5-8-18/h3-10,16-17,19H,11-15H2,1-2H3/t17-/m0/s1. The molecule has 2 aromatic carbocycles. The number of piperidine rings is 1. The van der Waals surface area contributed by atoms with Gasteiger partial charge in [-0.2, -0.15) is 0 Å². The molecule has 5 nitrogen and oxygen atoms in total. The van der Waals surface area contributed by atoms with Crippen LogP contribution in [0.3, 0.4) is 0 Å². The normalized spacial score (nSPS) is 16.4. The average molecular weight is 419 g/mol. The van der Waals surface area contributed by atoms with E-state index < -0.39 is 21.9 Å². The van der Waals surface area contributed by atoms with Gasteiger partial charge in [-0.05, 0) is 55.9 Å². The molecule has 1 heterocycles. The average Bonchev–Trinajstić information content (AvgIpc) is 2.68. The minimum Gasteiger partial charge on any atom is -0.341 e. The van der Waals surface area contributed by atoms with Gasteiger partial charge in [-0.1, -0.05) is 36.4 Å². The van der Waals surface area contributed by atoms with E-state index >= 15 is 0 Å². The van der Waals surface area contributed by atoms with Crippen molar-refractivity contribution in [3.8, 4) is 0 Å². The van der Waals surface area contributed by atoms with Crippen molar-refractivity contribution in [2.45, 2.75) is 32.2 Å². The second kappa shape index (κ2) is 8.95. The second-order valence-corrected chi connectivity index (χ2v) is 9.53. The Hall–Kier alpha value is -2.41. The monoisotopic (exact) mass is 418 g/mol. The lowest BCUT2D eigenvalue weighted by molar-refractivity contribution is -0.133. The molecule has 156 valence electrons. The van der Waals surface area contributed by atoms with Crippen LogP contribution in [-0.2, 0) is 21.2 Å². The Balaban J connectivity index is 1.67. The maximum Gasteiger partial charge on any atom is 0.246 e. The Morgan fingerprint density at radius 1 is 1.14 bits per heavy atom. The van der Waals surface area contributed by atoms with Crippen molar-refractivity contribution in [3.05, 3.63) is 66.0 Å². The van der Waals surface area contributed by atoms with Gasteiger partial charge in [0, 0.05) is 13.1 Å². The molecule has 0 spiro atoms. The molecule has 1 atom stereocenters. The molecule has 1 aliphatic rings. The molecule has 0 bridgehead atoms. The van der Waals surface area contributed by atoms with Gasteiger partial charge in [0.15, 0.2) is 0 Å². The number of nitrogens with zero attached hydrogens (tertiary/aromatic N) is 2. The summed E-state index contributed by atoms with van der Waals surface area (Å²) < 4.78 is 39.4. The molecular formula is C22H27FN2O3S. The Labute approximate surface area is 172 Å². The fraction of sp³-hybridized carbons (Fsp3) is 0.409. The quantitative estimate of drug-likeness (QED) is 0.722. The molecule has 0 unspecified atom stereocenters. The smallest absolute Gasteiger partial charge is 0.246 e. The van der Waals surface area contributed by atoms with Crippen molar-refractivity contribution in [2.75, 3.05) is 23.7 Å². The predicted molar refractivity (Wildman–Crippen MR) is 113 cm³/mol. The number of hydrogen-bond acceptors (Lipinski definition) is 3. The Morgan fingerprint density at radius 2 is 1.79 bits per heavy atom. The van der Waals surface area contributed by atoms with Crippen molar-refractivity contribution in [2.24, 2.45) is 5.92 Å². The number of amides is 1. The maximum atomic E-state index is 13.6. The zero-order valence-electron chi connectivity index (χ0n) is 16.8. The minimum atomic E-state index is -3.75. The number of sulfonamides is 1. The number of halogens is 1. The third kappa shape index (κ3) is 5.35. The number of carbonyl (C=O) groups is 1. The van der Waals surface area contributed by atoms with Crippen LogP contribution in [0.5, 0.6) is 0 Å². The van der Waals surface area contributed by atoms with Crippen LogP contribution in [0.15, 0.2) is 54.6 Å². The fourth-order valence-corrected chi connectivity index (χ4v) is 5.15. The lowest BCUT2D eigenvalue weighted by atomic mass is 9.90. The molecule has 0 N–H and O–H groups in total. The van der Waals surface area contributed by atoms with Gasteiger partial charge in [-0.3, -0.25) is 9.10 Å². The number of anilines is 1. The van der Waals surface area contributed by atoms with Crippen molar-refractivity contribution >= 4 is 21.6 Å². The topological polar surface area (TPSA) is 57.7 Å². The van der Waals surface area contributed by atoms with Crippen molar-refractivity contribution in [3.63, 3.8) is 0 Å². The minimum absolute atomic E-state index is 0.160. The van der Waals surface area contributed by atoms with Crippen LogP contribution in [0.2, 0.25) is 0 Å². The highest BCUT2D eigenvalue weighted by molar-refractivity contribution is 7.92. The molecule has 29 heavy (non-hydrogen) atoms. The summed E-state index contributed by atoms with van der Waals surface area (Å²) in [6, 6.07) is 14.7. The van der Waals surface area contributed by atoms with E-state index in [4.69, 9.17) is 0 Å². The van der Waals surface area contributed by atoms with Gasteiger partial charge in [-0.15, -0.1) is 0 Å². The van der Waals surface area contributed by atoms with Gasteiger partial charge in [-0.25, -0.2) is 12.8 Å². The van der Waals surface area contributed by atoms with Gasteiger partial charge in [0.05, 0.1) is 11.9 Å². The molecule has 1 aliphatic heterocycles. The summed E-state index contributed by atoms with van der Waals surface area (Å²) in [6.07, 6.45) is 3.78. The zero-order chi connectivity index (χ0) is 21.0. The summed E-state index contributed by atoms with van der Waals surface area (Å²) in [5, 5.41) is 0. The van der Waals surface area contributed by atoms with Crippen LogP contribution >= 0.6 is 0 Å². The highest BCUT2D eigenvalue weighted by atomic mass is 32.2. The summed E-state index contributed by atoms with van der Waals surface area (Å²) >= 11 is 0. The van der Waals surface area contributed by atoms with E-state index in [-0.39, 0.29) is 11.6 Å². The first-order chi connectivity index (χ1) is 13.8. The summed E-state index contributed by atoms with van der Waals surface area (Å²) in [5.41, 5.74) is 1.45. The zero-order valence-corrected chi connectivity index (χ0v) is 17.6. The second-order valence-electron chi connectivity index (χ2n) is 7.67. The Kier molecular flexibility index (Phi) is 6.57. The number of hydrogen-bond donors (Lipinski definition) is 0. The summed E-state index contributed by atoms with van der Waals surface area (Å²) in [5.74, 6) is -0.290. The predicted octanol–water partition coefficient (Wildman–Crippen LogP) is 3.46. The van der Waals surface area contributed by atoms with Crippen LogP contribution in [0.25, 0.3) is 0 Å². The molecule has 7 heteroatoms. The van der Waals surface area contributed by atoms with Crippen molar-refractivity contribution in [1.29, 1.82) is 0 Å². The van der Waals surface area contributed by atoms with E-state index in [0.29, 0.717) is 19.0 Å². The Morgan fingerprint density at radius 3 is 2.38 bits per heavy atom. The van der Waals surface area contributed by atoms with E-state index in [1.54, 1.807) is 11.8 Å². The van der Waals surface area contributed by atoms with Crippen LogP contribution < -0.4 is 4.31 Å². The highest BCUT2D eigenvalue weighted by Gasteiger charge is 2.33. The maximum absolute atomic E-state index is 13.6. The molecule has 0 aliphatic carbocycles. The van der Waals surface area contributed by atoms with Gasteiger partial charge in [0.25, 0.3) is 0 Å². The first-order valence-electron chi connectivity index (χ1n) is 9.83. The number of benzene rings is 2. The summed E-state index contributed by atoms with van der Waals surface area (Å²) in [7, 11) is -3.75. The lowest BCUT2D eigenvalue weighted by Gasteiger charge is -2.36. The number of carbonyl (C=O) groups excluding carboxylic acids is 1. The van der Waals surface area contributed by atoms with Gasteiger partial charge < -0.3 is 4.90 Å². The molecule has 1 fully saturated rings. The SMILES string of the molecule is C[C@@H](C(=O)N1CCC(Cc2ccccc2)CC1)N(c1cccc(F)c1)S(C)(=O)=O. The van der Waals surface area contributed by atoms with E-state index in [2.05, 4.69) is 12.1 Å². The fourth-order valence-electron chi connectivity index (χ4n) is 3.98. The van der Waals surface area contributed by atoms with Gasteiger partial charge >= 0.3 is 0 Å². The molecular weight excluding hydrogens is 391 g/mol. The molecule has 0 radical (unpaired) electrons. The van der Waals surface area contributed by atoms with Crippen LogP contribution in [0.4, 0.5) is 10.1 Å². The first-order valence-corrected chi connectivity index (χ1v) is 11.7. The molecule has 2 aromatic rings. The Bertz CT molecular complexity index is 942. The summed E-state index contributed by atoms with van der Waals surface area (Å²) in [6.45, 7) is 2.76. The van der Waals surface area contributed by atoms with Gasteiger partial charge in [0.2, 0.25) is 15.9 Å². The van der Waals surface area contributed by atoms with Crippen molar-refractivity contribution < 1.29 is 17.6 Å². The lowest BCUT2D eigenvalue weighted by Crippen LogP contribution is -2.51. The molecule has 3 rings (SSSR count). The molecule has 0 saturated carbocycles. The third-order valence-corrected chi connectivity index (χ3v) is 6.66. The number of rotatable bonds is 6. The molecule has 1 amide bonds. The van der Waals surface area contributed by atoms with E-state index in [0.717, 1.165) is 35.9 Å². The summed E-state index contributed by atoms with van der Waals surface area (Å²) in [4.78, 5) is 14.8. The van der Waals surface area contributed by atoms with Crippen LogP contribution in [0, 0.1) is 11.7 Å². The number of likely N-dealkylation sites (tertiary alicyclic amines) is 1. The molecule has 1 saturated heterocycles. The van der Waals surface area contributed by atoms with E-state index in [1.807, 2.05) is 18.2 Å². The van der Waals surface area contributed by atoms with Crippen LogP contribution in [-0.4, -0.2) is 44.6 Å². The van der Waals surface area contributed by atoms with Crippen LogP contribution in [0.1, 0.15) is 25.3 Å². The third-order valence-electron chi connectivity index (χ3n) is 5.42.